The molecule has 0 aliphatic rings. The molecule has 0 aliphatic carbocycles. The number of pyridine rings is 1. The molecule has 1 aromatic rings. The van der Waals surface area contributed by atoms with Crippen LogP contribution in [0.2, 0.25) is 0 Å². The molecule has 1 N–H and O–H groups in total. The van der Waals surface area contributed by atoms with E-state index in [0.29, 0.717) is 6.42 Å². The van der Waals surface area contributed by atoms with Crippen LogP contribution in [-0.4, -0.2) is 16.1 Å². The molecule has 18 heavy (non-hydrogen) atoms. The van der Waals surface area contributed by atoms with Crippen LogP contribution in [0.3, 0.4) is 0 Å². The van der Waals surface area contributed by atoms with E-state index >= 15 is 0 Å². The average molecular weight is 251 g/mol. The lowest BCUT2D eigenvalue weighted by atomic mass is 10.0. The SMILES string of the molecule is CCC/C=C(\CCC)c1nc(C(=O)O)ccc1F. The molecule has 1 heterocycles. The highest BCUT2D eigenvalue weighted by molar-refractivity contribution is 5.85. The van der Waals surface area contributed by atoms with Crippen molar-refractivity contribution in [3.63, 3.8) is 0 Å². The summed E-state index contributed by atoms with van der Waals surface area (Å²) in [5.74, 6) is -1.60. The summed E-state index contributed by atoms with van der Waals surface area (Å²) in [5, 5.41) is 8.88. The molecule has 0 saturated carbocycles. The minimum absolute atomic E-state index is 0.120. The van der Waals surface area contributed by atoms with Crippen LogP contribution in [0, 0.1) is 5.82 Å². The highest BCUT2D eigenvalue weighted by Crippen LogP contribution is 2.22. The van der Waals surface area contributed by atoms with Gasteiger partial charge < -0.3 is 5.11 Å². The Morgan fingerprint density at radius 3 is 2.67 bits per heavy atom. The van der Waals surface area contributed by atoms with Gasteiger partial charge in [0, 0.05) is 0 Å². The van der Waals surface area contributed by atoms with Gasteiger partial charge in [0.15, 0.2) is 0 Å². The summed E-state index contributed by atoms with van der Waals surface area (Å²) in [6, 6.07) is 2.35. The number of hydrogen-bond acceptors (Lipinski definition) is 2. The Balaban J connectivity index is 3.17. The smallest absolute Gasteiger partial charge is 0.354 e. The third-order valence-corrected chi connectivity index (χ3v) is 2.57. The Bertz CT molecular complexity index is 455. The Morgan fingerprint density at radius 2 is 2.11 bits per heavy atom. The molecular formula is C14H18FNO2. The average Bonchev–Trinajstić information content (AvgIpc) is 2.35. The van der Waals surface area contributed by atoms with Gasteiger partial charge in [-0.05, 0) is 30.5 Å². The zero-order valence-electron chi connectivity index (χ0n) is 10.7. The van der Waals surface area contributed by atoms with Crippen molar-refractivity contribution in [2.75, 3.05) is 0 Å². The van der Waals surface area contributed by atoms with Crippen LogP contribution in [0.15, 0.2) is 18.2 Å². The molecule has 0 saturated heterocycles. The predicted molar refractivity (Wildman–Crippen MR) is 68.9 cm³/mol. The minimum atomic E-state index is -1.14. The summed E-state index contributed by atoms with van der Waals surface area (Å²) >= 11 is 0. The number of unbranched alkanes of at least 4 members (excludes halogenated alkanes) is 1. The molecular weight excluding hydrogens is 233 g/mol. The maximum absolute atomic E-state index is 13.7. The molecule has 0 atom stereocenters. The number of carboxylic acids is 1. The highest BCUT2D eigenvalue weighted by Gasteiger charge is 2.13. The number of halogens is 1. The molecule has 0 aromatic carbocycles. The van der Waals surface area contributed by atoms with E-state index in [-0.39, 0.29) is 11.4 Å². The molecule has 98 valence electrons. The molecule has 0 fully saturated rings. The van der Waals surface area contributed by atoms with E-state index in [9.17, 15) is 9.18 Å². The van der Waals surface area contributed by atoms with E-state index in [1.165, 1.54) is 12.1 Å². The molecule has 4 heteroatoms. The number of hydrogen-bond donors (Lipinski definition) is 1. The second-order valence-corrected chi connectivity index (χ2v) is 4.10. The summed E-state index contributed by atoms with van der Waals surface area (Å²) in [6.07, 6.45) is 5.32. The Labute approximate surface area is 106 Å². The predicted octanol–water partition coefficient (Wildman–Crippen LogP) is 3.90. The zero-order valence-corrected chi connectivity index (χ0v) is 10.7. The molecule has 0 bridgehead atoms. The highest BCUT2D eigenvalue weighted by atomic mass is 19.1. The van der Waals surface area contributed by atoms with Crippen LogP contribution in [0.4, 0.5) is 4.39 Å². The van der Waals surface area contributed by atoms with Gasteiger partial charge in [-0.1, -0.05) is 32.8 Å². The Hall–Kier alpha value is -1.71. The van der Waals surface area contributed by atoms with Crippen molar-refractivity contribution in [2.24, 2.45) is 0 Å². The van der Waals surface area contributed by atoms with Gasteiger partial charge in [-0.15, -0.1) is 0 Å². The van der Waals surface area contributed by atoms with Gasteiger partial charge in [-0.3, -0.25) is 0 Å². The van der Waals surface area contributed by atoms with Crippen LogP contribution in [0.25, 0.3) is 5.57 Å². The van der Waals surface area contributed by atoms with E-state index in [1.807, 2.05) is 19.9 Å². The molecule has 0 radical (unpaired) electrons. The number of carboxylic acid groups (broad SMARTS) is 1. The van der Waals surface area contributed by atoms with E-state index in [2.05, 4.69) is 4.98 Å². The molecule has 0 amide bonds. The first-order valence-corrected chi connectivity index (χ1v) is 6.19. The first kappa shape index (κ1) is 14.4. The topological polar surface area (TPSA) is 50.2 Å². The minimum Gasteiger partial charge on any atom is -0.477 e. The Morgan fingerprint density at radius 1 is 1.39 bits per heavy atom. The van der Waals surface area contributed by atoms with Gasteiger partial charge in [0.05, 0.1) is 0 Å². The fourth-order valence-corrected chi connectivity index (χ4v) is 1.69. The van der Waals surface area contributed by atoms with E-state index in [1.54, 1.807) is 0 Å². The molecule has 1 aromatic heterocycles. The number of carbonyl (C=O) groups is 1. The molecule has 3 nitrogen and oxygen atoms in total. The largest absolute Gasteiger partial charge is 0.477 e. The number of rotatable bonds is 6. The lowest BCUT2D eigenvalue weighted by molar-refractivity contribution is 0.0690. The fraction of sp³-hybridized carbons (Fsp3) is 0.429. The Kier molecular flexibility index (Phi) is 5.49. The van der Waals surface area contributed by atoms with Crippen molar-refractivity contribution >= 4 is 11.5 Å². The maximum Gasteiger partial charge on any atom is 0.354 e. The molecule has 1 rings (SSSR count). The fourth-order valence-electron chi connectivity index (χ4n) is 1.69. The monoisotopic (exact) mass is 251 g/mol. The molecule has 0 unspecified atom stereocenters. The normalized spacial score (nSPS) is 11.6. The molecule has 0 aliphatic heterocycles. The number of aromatic nitrogens is 1. The van der Waals surface area contributed by atoms with Gasteiger partial charge in [-0.25, -0.2) is 14.2 Å². The number of allylic oxidation sites excluding steroid dienone is 2. The first-order chi connectivity index (χ1) is 8.60. The van der Waals surface area contributed by atoms with Gasteiger partial charge in [0.2, 0.25) is 0 Å². The lowest BCUT2D eigenvalue weighted by Crippen LogP contribution is -2.05. The van der Waals surface area contributed by atoms with Crippen LogP contribution in [0.5, 0.6) is 0 Å². The molecule has 0 spiro atoms. The van der Waals surface area contributed by atoms with Crippen molar-refractivity contribution in [3.05, 3.63) is 35.4 Å². The standard InChI is InChI=1S/C14H18FNO2/c1-3-5-7-10(6-4-2)13-11(15)8-9-12(16-13)14(17)18/h7-9H,3-6H2,1-2H3,(H,17,18)/b10-7+. The van der Waals surface area contributed by atoms with Gasteiger partial charge >= 0.3 is 5.97 Å². The summed E-state index contributed by atoms with van der Waals surface area (Å²) in [6.45, 7) is 4.04. The summed E-state index contributed by atoms with van der Waals surface area (Å²) in [5.41, 5.74) is 0.843. The van der Waals surface area contributed by atoms with Crippen LogP contribution in [0.1, 0.15) is 55.7 Å². The quantitative estimate of drug-likeness (QED) is 0.834. The van der Waals surface area contributed by atoms with Crippen LogP contribution >= 0.6 is 0 Å². The number of aromatic carboxylic acids is 1. The van der Waals surface area contributed by atoms with Gasteiger partial charge in [0.25, 0.3) is 0 Å². The lowest BCUT2D eigenvalue weighted by Gasteiger charge is -2.08. The number of nitrogens with zero attached hydrogens (tertiary/aromatic N) is 1. The zero-order chi connectivity index (χ0) is 13.5. The summed E-state index contributed by atoms with van der Waals surface area (Å²) in [4.78, 5) is 14.8. The van der Waals surface area contributed by atoms with Gasteiger partial charge in [0.1, 0.15) is 17.2 Å². The van der Waals surface area contributed by atoms with Gasteiger partial charge in [-0.2, -0.15) is 0 Å². The summed E-state index contributed by atoms with van der Waals surface area (Å²) < 4.78 is 13.7. The third kappa shape index (κ3) is 3.65. The van der Waals surface area contributed by atoms with Crippen LogP contribution in [-0.2, 0) is 0 Å². The van der Waals surface area contributed by atoms with Crippen molar-refractivity contribution in [2.45, 2.75) is 39.5 Å². The van der Waals surface area contributed by atoms with Crippen molar-refractivity contribution in [3.8, 4) is 0 Å². The second-order valence-electron chi connectivity index (χ2n) is 4.10. The van der Waals surface area contributed by atoms with E-state index in [4.69, 9.17) is 5.11 Å². The van der Waals surface area contributed by atoms with Crippen LogP contribution < -0.4 is 0 Å². The maximum atomic E-state index is 13.7. The first-order valence-electron chi connectivity index (χ1n) is 6.19. The van der Waals surface area contributed by atoms with E-state index < -0.39 is 11.8 Å². The third-order valence-electron chi connectivity index (χ3n) is 2.57. The van der Waals surface area contributed by atoms with Crippen molar-refractivity contribution < 1.29 is 14.3 Å². The van der Waals surface area contributed by atoms with Crippen molar-refractivity contribution in [1.29, 1.82) is 0 Å². The second kappa shape index (κ2) is 6.89. The van der Waals surface area contributed by atoms with Crippen molar-refractivity contribution in [1.82, 2.24) is 4.98 Å². The summed E-state index contributed by atoms with van der Waals surface area (Å²) in [7, 11) is 0. The van der Waals surface area contributed by atoms with E-state index in [0.717, 1.165) is 24.8 Å².